The molecule has 1 amide bonds. The van der Waals surface area contributed by atoms with Gasteiger partial charge in [0.05, 0.1) is 0 Å². The number of amides is 1. The third kappa shape index (κ3) is 7.62. The predicted octanol–water partition coefficient (Wildman–Crippen LogP) is 3.61. The maximum absolute atomic E-state index is 11.8. The predicted molar refractivity (Wildman–Crippen MR) is 100 cm³/mol. The summed E-state index contributed by atoms with van der Waals surface area (Å²) in [4.78, 5) is 11.8. The molecule has 4 heteroatoms. The Bertz CT molecular complexity index is 599. The van der Waals surface area contributed by atoms with Crippen LogP contribution < -0.4 is 10.6 Å². The van der Waals surface area contributed by atoms with Crippen LogP contribution in [0, 0.1) is 0 Å². The fourth-order valence-corrected chi connectivity index (χ4v) is 2.59. The Morgan fingerprint density at radius 1 is 0.833 bits per heavy atom. The molecule has 0 saturated carbocycles. The zero-order valence-corrected chi connectivity index (χ0v) is 14.7. The van der Waals surface area contributed by atoms with Gasteiger partial charge in [-0.3, -0.25) is 4.79 Å². The van der Waals surface area contributed by atoms with Crippen LogP contribution in [0.4, 0.5) is 0 Å². The molecule has 2 aromatic carbocycles. The fraction of sp³-hybridized carbons (Fsp3) is 0.350. The zero-order valence-electron chi connectivity index (χ0n) is 13.9. The van der Waals surface area contributed by atoms with Gasteiger partial charge in [-0.05, 0) is 49.1 Å². The van der Waals surface area contributed by atoms with E-state index in [1.165, 1.54) is 11.1 Å². The van der Waals surface area contributed by atoms with Crippen LogP contribution in [-0.4, -0.2) is 25.5 Å². The SMILES string of the molecule is O=C(CCNCCc1ccc(Cl)cc1)NCCCc1ccccc1. The number of rotatable bonds is 10. The van der Waals surface area contributed by atoms with Gasteiger partial charge in [0.15, 0.2) is 0 Å². The summed E-state index contributed by atoms with van der Waals surface area (Å²) in [5, 5.41) is 7.04. The number of carbonyl (C=O) groups excluding carboxylic acids is 1. The Kier molecular flexibility index (Phi) is 8.36. The largest absolute Gasteiger partial charge is 0.356 e. The number of hydrogen-bond donors (Lipinski definition) is 2. The van der Waals surface area contributed by atoms with Crippen molar-refractivity contribution in [2.24, 2.45) is 0 Å². The smallest absolute Gasteiger partial charge is 0.221 e. The third-order valence-corrected chi connectivity index (χ3v) is 4.09. The molecule has 0 fully saturated rings. The van der Waals surface area contributed by atoms with Crippen molar-refractivity contribution in [1.29, 1.82) is 0 Å². The van der Waals surface area contributed by atoms with Crippen LogP contribution in [0.5, 0.6) is 0 Å². The first kappa shape index (κ1) is 18.5. The summed E-state index contributed by atoms with van der Waals surface area (Å²) in [6, 6.07) is 18.2. The Morgan fingerprint density at radius 3 is 2.29 bits per heavy atom. The first-order valence-corrected chi connectivity index (χ1v) is 8.87. The van der Waals surface area contributed by atoms with Gasteiger partial charge in [-0.2, -0.15) is 0 Å². The van der Waals surface area contributed by atoms with Crippen LogP contribution in [0.15, 0.2) is 54.6 Å². The normalized spacial score (nSPS) is 10.5. The molecule has 24 heavy (non-hydrogen) atoms. The molecule has 0 aliphatic heterocycles. The maximum Gasteiger partial charge on any atom is 0.221 e. The van der Waals surface area contributed by atoms with E-state index in [0.717, 1.165) is 37.4 Å². The molecule has 3 nitrogen and oxygen atoms in total. The molecular formula is C20H25ClN2O. The van der Waals surface area contributed by atoms with Gasteiger partial charge in [0.1, 0.15) is 0 Å². The quantitative estimate of drug-likeness (QED) is 0.646. The highest BCUT2D eigenvalue weighted by Crippen LogP contribution is 2.09. The molecule has 128 valence electrons. The summed E-state index contributed by atoms with van der Waals surface area (Å²) in [5.41, 5.74) is 2.56. The Labute approximate surface area is 149 Å². The lowest BCUT2D eigenvalue weighted by molar-refractivity contribution is -0.120. The van der Waals surface area contributed by atoms with Crippen LogP contribution in [0.25, 0.3) is 0 Å². The third-order valence-electron chi connectivity index (χ3n) is 3.84. The van der Waals surface area contributed by atoms with E-state index in [-0.39, 0.29) is 5.91 Å². The number of benzene rings is 2. The lowest BCUT2D eigenvalue weighted by atomic mass is 10.1. The van der Waals surface area contributed by atoms with E-state index in [9.17, 15) is 4.79 Å². The molecule has 0 radical (unpaired) electrons. The molecule has 0 aromatic heterocycles. The van der Waals surface area contributed by atoms with Crippen molar-refractivity contribution in [3.8, 4) is 0 Å². The second-order valence-corrected chi connectivity index (χ2v) is 6.25. The van der Waals surface area contributed by atoms with Crippen LogP contribution in [0.2, 0.25) is 5.02 Å². The number of carbonyl (C=O) groups is 1. The van der Waals surface area contributed by atoms with Crippen molar-refractivity contribution >= 4 is 17.5 Å². The van der Waals surface area contributed by atoms with Gasteiger partial charge in [0, 0.05) is 24.5 Å². The van der Waals surface area contributed by atoms with Crippen molar-refractivity contribution in [1.82, 2.24) is 10.6 Å². The van der Waals surface area contributed by atoms with Gasteiger partial charge < -0.3 is 10.6 Å². The molecule has 2 rings (SSSR count). The second kappa shape index (κ2) is 10.8. The van der Waals surface area contributed by atoms with Crippen LogP contribution in [0.1, 0.15) is 24.0 Å². The molecule has 0 heterocycles. The lowest BCUT2D eigenvalue weighted by Gasteiger charge is -2.07. The minimum atomic E-state index is 0.113. The van der Waals surface area contributed by atoms with Gasteiger partial charge >= 0.3 is 0 Å². The van der Waals surface area contributed by atoms with Crippen molar-refractivity contribution < 1.29 is 4.79 Å². The molecule has 0 atom stereocenters. The maximum atomic E-state index is 11.8. The number of nitrogens with one attached hydrogen (secondary N) is 2. The van der Waals surface area contributed by atoms with E-state index in [1.807, 2.05) is 42.5 Å². The van der Waals surface area contributed by atoms with E-state index < -0.39 is 0 Å². The van der Waals surface area contributed by atoms with Crippen molar-refractivity contribution in [3.05, 3.63) is 70.7 Å². The Morgan fingerprint density at radius 2 is 1.54 bits per heavy atom. The molecule has 0 unspecified atom stereocenters. The number of halogens is 1. The summed E-state index contributed by atoms with van der Waals surface area (Å²) in [6.07, 6.45) is 3.43. The monoisotopic (exact) mass is 344 g/mol. The molecule has 0 aliphatic rings. The first-order valence-electron chi connectivity index (χ1n) is 8.50. The standard InChI is InChI=1S/C20H25ClN2O/c21-19-10-8-18(9-11-19)12-15-22-16-13-20(24)23-14-4-7-17-5-2-1-3-6-17/h1-3,5-6,8-11,22H,4,7,12-16H2,(H,23,24). The van der Waals surface area contributed by atoms with E-state index in [0.29, 0.717) is 13.0 Å². The average Bonchev–Trinajstić information content (AvgIpc) is 2.61. The van der Waals surface area contributed by atoms with E-state index in [1.54, 1.807) is 0 Å². The van der Waals surface area contributed by atoms with Crippen molar-refractivity contribution in [2.45, 2.75) is 25.7 Å². The van der Waals surface area contributed by atoms with Crippen LogP contribution in [0.3, 0.4) is 0 Å². The highest BCUT2D eigenvalue weighted by atomic mass is 35.5. The van der Waals surface area contributed by atoms with Crippen LogP contribution in [-0.2, 0) is 17.6 Å². The molecule has 0 bridgehead atoms. The first-order chi connectivity index (χ1) is 11.7. The molecular weight excluding hydrogens is 320 g/mol. The van der Waals surface area contributed by atoms with Gasteiger partial charge in [0.2, 0.25) is 5.91 Å². The van der Waals surface area contributed by atoms with Gasteiger partial charge in [-0.25, -0.2) is 0 Å². The summed E-state index contributed by atoms with van der Waals surface area (Å²) in [5.74, 6) is 0.113. The molecule has 2 aromatic rings. The van der Waals surface area contributed by atoms with E-state index in [4.69, 9.17) is 11.6 Å². The number of aryl methyl sites for hydroxylation is 1. The van der Waals surface area contributed by atoms with Gasteiger partial charge in [-0.1, -0.05) is 54.1 Å². The zero-order chi connectivity index (χ0) is 17.0. The lowest BCUT2D eigenvalue weighted by Crippen LogP contribution is -2.29. The highest BCUT2D eigenvalue weighted by molar-refractivity contribution is 6.30. The average molecular weight is 345 g/mol. The summed E-state index contributed by atoms with van der Waals surface area (Å²) >= 11 is 5.86. The van der Waals surface area contributed by atoms with E-state index in [2.05, 4.69) is 22.8 Å². The minimum Gasteiger partial charge on any atom is -0.356 e. The minimum absolute atomic E-state index is 0.113. The summed E-state index contributed by atoms with van der Waals surface area (Å²) in [7, 11) is 0. The fourth-order valence-electron chi connectivity index (χ4n) is 2.46. The number of hydrogen-bond acceptors (Lipinski definition) is 2. The molecule has 0 spiro atoms. The van der Waals surface area contributed by atoms with Gasteiger partial charge in [0.25, 0.3) is 0 Å². The topological polar surface area (TPSA) is 41.1 Å². The van der Waals surface area contributed by atoms with Crippen molar-refractivity contribution in [2.75, 3.05) is 19.6 Å². The van der Waals surface area contributed by atoms with Crippen molar-refractivity contribution in [3.63, 3.8) is 0 Å². The van der Waals surface area contributed by atoms with Crippen LogP contribution >= 0.6 is 11.6 Å². The molecule has 2 N–H and O–H groups in total. The Hall–Kier alpha value is -1.84. The highest BCUT2D eigenvalue weighted by Gasteiger charge is 2.00. The second-order valence-electron chi connectivity index (χ2n) is 5.82. The summed E-state index contributed by atoms with van der Waals surface area (Å²) in [6.45, 7) is 2.31. The Balaban J connectivity index is 1.47. The van der Waals surface area contributed by atoms with Gasteiger partial charge in [-0.15, -0.1) is 0 Å². The summed E-state index contributed by atoms with van der Waals surface area (Å²) < 4.78 is 0. The molecule has 0 aliphatic carbocycles. The molecule has 0 saturated heterocycles. The van der Waals surface area contributed by atoms with E-state index >= 15 is 0 Å².